The molecule has 0 aliphatic carbocycles. The lowest BCUT2D eigenvalue weighted by Gasteiger charge is -2.08. The fraction of sp³-hybridized carbons (Fsp3) is 0.182. The second-order valence-corrected chi connectivity index (χ2v) is 4.41. The molecule has 1 heterocycles. The van der Waals surface area contributed by atoms with Crippen molar-refractivity contribution in [2.45, 2.75) is 13.8 Å². The van der Waals surface area contributed by atoms with Gasteiger partial charge in [0.2, 0.25) is 5.88 Å². The van der Waals surface area contributed by atoms with E-state index in [0.29, 0.717) is 5.88 Å². The molecule has 0 atom stereocenters. The molecule has 0 amide bonds. The van der Waals surface area contributed by atoms with Crippen LogP contribution < -0.4 is 5.73 Å². The zero-order valence-corrected chi connectivity index (χ0v) is 10.1. The van der Waals surface area contributed by atoms with E-state index in [1.165, 1.54) is 11.1 Å². The normalized spacial score (nSPS) is 10.6. The molecular weight excluding hydrogens is 256 g/mol. The van der Waals surface area contributed by atoms with Gasteiger partial charge < -0.3 is 10.3 Å². The number of rotatable bonds is 1. The average Bonchev–Trinajstić information content (AvgIpc) is 2.58. The summed E-state index contributed by atoms with van der Waals surface area (Å²) in [4.78, 5) is 0. The molecule has 2 N–H and O–H groups in total. The van der Waals surface area contributed by atoms with Crippen molar-refractivity contribution >= 4 is 21.8 Å². The summed E-state index contributed by atoms with van der Waals surface area (Å²) in [6, 6.07) is 4.09. The van der Waals surface area contributed by atoms with E-state index < -0.39 is 0 Å². The van der Waals surface area contributed by atoms with Gasteiger partial charge in [-0.05, 0) is 42.7 Å². The van der Waals surface area contributed by atoms with Crippen LogP contribution in [0.3, 0.4) is 0 Å². The highest BCUT2D eigenvalue weighted by Crippen LogP contribution is 2.32. The van der Waals surface area contributed by atoms with Gasteiger partial charge in [-0.3, -0.25) is 0 Å². The van der Waals surface area contributed by atoms with Crippen molar-refractivity contribution in [3.63, 3.8) is 0 Å². The van der Waals surface area contributed by atoms with Crippen molar-refractivity contribution in [1.29, 1.82) is 0 Å². The molecule has 0 spiro atoms. The van der Waals surface area contributed by atoms with Crippen LogP contribution >= 0.6 is 15.9 Å². The fourth-order valence-electron chi connectivity index (χ4n) is 1.55. The largest absolute Gasteiger partial charge is 0.367 e. The van der Waals surface area contributed by atoms with Crippen molar-refractivity contribution in [2.75, 3.05) is 5.73 Å². The van der Waals surface area contributed by atoms with E-state index >= 15 is 0 Å². The number of benzene rings is 1. The maximum atomic E-state index is 5.70. The number of nitrogen functional groups attached to an aromatic ring is 1. The molecule has 3 nitrogen and oxygen atoms in total. The number of aryl methyl sites for hydroxylation is 1. The predicted molar refractivity (Wildman–Crippen MR) is 63.5 cm³/mol. The zero-order valence-electron chi connectivity index (χ0n) is 8.54. The molecule has 0 aliphatic rings. The van der Waals surface area contributed by atoms with Gasteiger partial charge in [-0.25, -0.2) is 0 Å². The number of hydrogen-bond donors (Lipinski definition) is 1. The van der Waals surface area contributed by atoms with Gasteiger partial charge >= 0.3 is 0 Å². The van der Waals surface area contributed by atoms with Gasteiger partial charge in [0.1, 0.15) is 0 Å². The Morgan fingerprint density at radius 3 is 2.60 bits per heavy atom. The third-order valence-corrected chi connectivity index (χ3v) is 2.98. The molecule has 0 radical (unpaired) electrons. The smallest absolute Gasteiger partial charge is 0.229 e. The molecule has 1 aromatic heterocycles. The van der Waals surface area contributed by atoms with Crippen molar-refractivity contribution in [2.24, 2.45) is 0 Å². The van der Waals surface area contributed by atoms with Gasteiger partial charge in [0, 0.05) is 4.47 Å². The third-order valence-electron chi connectivity index (χ3n) is 2.52. The standard InChI is InChI=1S/C11H11BrN2O/c1-6-3-8(12)4-9(7(6)2)10-5-14-15-11(10)13/h3-5H,13H2,1-2H3. The van der Waals surface area contributed by atoms with Gasteiger partial charge in [0.05, 0.1) is 11.8 Å². The number of aromatic nitrogens is 1. The quantitative estimate of drug-likeness (QED) is 0.862. The molecule has 0 saturated carbocycles. The molecule has 0 aliphatic heterocycles. The molecule has 0 unspecified atom stereocenters. The Hall–Kier alpha value is -1.29. The number of hydrogen-bond acceptors (Lipinski definition) is 3. The predicted octanol–water partition coefficient (Wildman–Crippen LogP) is 3.30. The summed E-state index contributed by atoms with van der Waals surface area (Å²) >= 11 is 3.47. The van der Waals surface area contributed by atoms with Gasteiger partial charge in [-0.2, -0.15) is 0 Å². The SMILES string of the molecule is Cc1cc(Br)cc(-c2cnoc2N)c1C. The van der Waals surface area contributed by atoms with Gasteiger partial charge in [-0.15, -0.1) is 0 Å². The maximum Gasteiger partial charge on any atom is 0.229 e. The van der Waals surface area contributed by atoms with Crippen LogP contribution in [0.4, 0.5) is 5.88 Å². The Morgan fingerprint density at radius 2 is 2.00 bits per heavy atom. The summed E-state index contributed by atoms with van der Waals surface area (Å²) < 4.78 is 5.90. The number of nitrogens with zero attached hydrogens (tertiary/aromatic N) is 1. The van der Waals surface area contributed by atoms with E-state index in [4.69, 9.17) is 10.3 Å². The van der Waals surface area contributed by atoms with Crippen LogP contribution in [0.15, 0.2) is 27.3 Å². The van der Waals surface area contributed by atoms with Crippen molar-refractivity contribution < 1.29 is 4.52 Å². The van der Waals surface area contributed by atoms with E-state index in [2.05, 4.69) is 41.0 Å². The first-order valence-corrected chi connectivity index (χ1v) is 5.36. The fourth-order valence-corrected chi connectivity index (χ4v) is 2.12. The number of anilines is 1. The summed E-state index contributed by atoms with van der Waals surface area (Å²) in [5.41, 5.74) is 9.99. The first-order valence-electron chi connectivity index (χ1n) is 4.57. The molecular formula is C11H11BrN2O. The van der Waals surface area contributed by atoms with E-state index in [-0.39, 0.29) is 0 Å². The lowest BCUT2D eigenvalue weighted by Crippen LogP contribution is -1.90. The van der Waals surface area contributed by atoms with Crippen molar-refractivity contribution in [3.8, 4) is 11.1 Å². The van der Waals surface area contributed by atoms with Gasteiger partial charge in [-0.1, -0.05) is 21.1 Å². The van der Waals surface area contributed by atoms with Crippen LogP contribution in [0, 0.1) is 13.8 Å². The second-order valence-electron chi connectivity index (χ2n) is 3.50. The number of halogens is 1. The highest BCUT2D eigenvalue weighted by molar-refractivity contribution is 9.10. The molecule has 2 aromatic rings. The van der Waals surface area contributed by atoms with E-state index in [0.717, 1.165) is 15.6 Å². The van der Waals surface area contributed by atoms with Crippen LogP contribution in [0.1, 0.15) is 11.1 Å². The summed E-state index contributed by atoms with van der Waals surface area (Å²) in [6.07, 6.45) is 1.64. The monoisotopic (exact) mass is 266 g/mol. The first-order chi connectivity index (χ1) is 7.09. The van der Waals surface area contributed by atoms with Crippen molar-refractivity contribution in [3.05, 3.63) is 33.9 Å². The molecule has 1 aromatic carbocycles. The summed E-state index contributed by atoms with van der Waals surface area (Å²) in [5, 5.41) is 3.68. The molecule has 0 fully saturated rings. The second kappa shape index (κ2) is 3.70. The van der Waals surface area contributed by atoms with Gasteiger partial charge in [0.25, 0.3) is 0 Å². The Kier molecular flexibility index (Phi) is 2.52. The Bertz CT molecular complexity index is 505. The topological polar surface area (TPSA) is 52.0 Å². The molecule has 15 heavy (non-hydrogen) atoms. The van der Waals surface area contributed by atoms with Crippen molar-refractivity contribution in [1.82, 2.24) is 5.16 Å². The summed E-state index contributed by atoms with van der Waals surface area (Å²) in [7, 11) is 0. The summed E-state index contributed by atoms with van der Waals surface area (Å²) in [6.45, 7) is 4.12. The lowest BCUT2D eigenvalue weighted by molar-refractivity contribution is 0.436. The highest BCUT2D eigenvalue weighted by Gasteiger charge is 2.11. The molecule has 78 valence electrons. The van der Waals surface area contributed by atoms with Crippen LogP contribution in [-0.4, -0.2) is 5.16 Å². The highest BCUT2D eigenvalue weighted by atomic mass is 79.9. The first kappa shape index (κ1) is 10.2. The Balaban J connectivity index is 2.68. The third kappa shape index (κ3) is 1.77. The molecule has 0 saturated heterocycles. The van der Waals surface area contributed by atoms with Crippen LogP contribution in [-0.2, 0) is 0 Å². The lowest BCUT2D eigenvalue weighted by atomic mass is 9.99. The molecule has 0 bridgehead atoms. The maximum absolute atomic E-state index is 5.70. The van der Waals surface area contributed by atoms with Crippen LogP contribution in [0.5, 0.6) is 0 Å². The average molecular weight is 267 g/mol. The molecule has 4 heteroatoms. The molecule has 2 rings (SSSR count). The zero-order chi connectivity index (χ0) is 11.0. The number of nitrogens with two attached hydrogens (primary N) is 1. The minimum atomic E-state index is 0.357. The van der Waals surface area contributed by atoms with E-state index in [1.807, 2.05) is 6.07 Å². The summed E-state index contributed by atoms with van der Waals surface area (Å²) in [5.74, 6) is 0.357. The Labute approximate surface area is 96.4 Å². The van der Waals surface area contributed by atoms with Gasteiger partial charge in [0.15, 0.2) is 0 Å². The minimum Gasteiger partial charge on any atom is -0.367 e. The minimum absolute atomic E-state index is 0.357. The van der Waals surface area contributed by atoms with Crippen LogP contribution in [0.2, 0.25) is 0 Å². The van der Waals surface area contributed by atoms with E-state index in [1.54, 1.807) is 6.20 Å². The van der Waals surface area contributed by atoms with E-state index in [9.17, 15) is 0 Å². The van der Waals surface area contributed by atoms with Crippen LogP contribution in [0.25, 0.3) is 11.1 Å². The Morgan fingerprint density at radius 1 is 1.27 bits per heavy atom.